The van der Waals surface area contributed by atoms with Crippen LogP contribution in [0.15, 0.2) is 0 Å². The first-order chi connectivity index (χ1) is 10.4. The highest BCUT2D eigenvalue weighted by atomic mass is 31.2. The van der Waals surface area contributed by atoms with E-state index in [1.54, 1.807) is 6.92 Å². The van der Waals surface area contributed by atoms with E-state index >= 15 is 0 Å². The largest absolute Gasteiger partial charge is 0.756 e. The highest BCUT2D eigenvalue weighted by Gasteiger charge is 2.20. The van der Waals surface area contributed by atoms with Gasteiger partial charge in [0, 0.05) is 13.3 Å². The number of quaternary nitrogens is 1. The number of nitrogens with zero attached hydrogens (tertiary/aromatic N) is 1. The van der Waals surface area contributed by atoms with Gasteiger partial charge in [-0.2, -0.15) is 0 Å². The van der Waals surface area contributed by atoms with Crippen molar-refractivity contribution in [3.05, 3.63) is 0 Å². The Morgan fingerprint density at radius 3 is 2.26 bits per heavy atom. The van der Waals surface area contributed by atoms with Crippen LogP contribution in [0.3, 0.4) is 0 Å². The number of ether oxygens (including phenoxy) is 2. The van der Waals surface area contributed by atoms with Gasteiger partial charge in [-0.15, -0.1) is 0 Å². The minimum absolute atomic E-state index is 0.0341. The van der Waals surface area contributed by atoms with Gasteiger partial charge in [0.15, 0.2) is 6.10 Å². The molecular weight excluding hydrogens is 329 g/mol. The monoisotopic (exact) mass is 355 g/mol. The zero-order valence-electron chi connectivity index (χ0n) is 14.3. The fourth-order valence-electron chi connectivity index (χ4n) is 1.23. The topological polar surface area (TPSA) is 111 Å². The van der Waals surface area contributed by atoms with Crippen molar-refractivity contribution < 1.29 is 42.1 Å². The number of hydrogen-bond donors (Lipinski definition) is 0. The van der Waals surface area contributed by atoms with Gasteiger partial charge in [-0.3, -0.25) is 14.2 Å². The maximum atomic E-state index is 11.6. The van der Waals surface area contributed by atoms with E-state index in [4.69, 9.17) is 14.0 Å². The van der Waals surface area contributed by atoms with Crippen molar-refractivity contribution in [3.8, 4) is 0 Å². The molecule has 0 aliphatic carbocycles. The van der Waals surface area contributed by atoms with Crippen LogP contribution in [0.2, 0.25) is 0 Å². The number of carbonyl (C=O) groups excluding carboxylic acids is 2. The van der Waals surface area contributed by atoms with Crippen molar-refractivity contribution in [1.29, 1.82) is 0 Å². The molecule has 0 spiro atoms. The second-order valence-corrected chi connectivity index (χ2v) is 7.27. The Kier molecular flexibility index (Phi) is 9.57. The van der Waals surface area contributed by atoms with Gasteiger partial charge in [0.05, 0.1) is 27.7 Å². The minimum atomic E-state index is -4.52. The molecule has 9 nitrogen and oxygen atoms in total. The van der Waals surface area contributed by atoms with Crippen LogP contribution in [-0.2, 0) is 32.7 Å². The maximum Gasteiger partial charge on any atom is 0.305 e. The van der Waals surface area contributed by atoms with E-state index < -0.39 is 32.5 Å². The van der Waals surface area contributed by atoms with Crippen LogP contribution in [0.1, 0.15) is 20.3 Å². The molecule has 0 saturated heterocycles. The standard InChI is InChI=1S/C13H26NO8P/c1-6-13(16)22-12(9-19-11(2)15)10-21-23(17,18)20-8-7-14(3,4)5/h12H,6-10H2,1-5H3. The molecule has 23 heavy (non-hydrogen) atoms. The molecule has 2 atom stereocenters. The highest BCUT2D eigenvalue weighted by molar-refractivity contribution is 7.45. The van der Waals surface area contributed by atoms with Crippen molar-refractivity contribution in [3.63, 3.8) is 0 Å². The summed E-state index contributed by atoms with van der Waals surface area (Å²) in [5.41, 5.74) is 0. The van der Waals surface area contributed by atoms with E-state index in [2.05, 4.69) is 4.52 Å². The summed E-state index contributed by atoms with van der Waals surface area (Å²) in [5.74, 6) is -1.13. The predicted molar refractivity (Wildman–Crippen MR) is 79.2 cm³/mol. The molecule has 10 heteroatoms. The Hall–Kier alpha value is -0.990. The maximum absolute atomic E-state index is 11.6. The summed E-state index contributed by atoms with van der Waals surface area (Å²) in [7, 11) is 1.14. The molecule has 0 bridgehead atoms. The van der Waals surface area contributed by atoms with Gasteiger partial charge in [-0.05, 0) is 0 Å². The molecule has 0 rings (SSSR count). The Morgan fingerprint density at radius 2 is 1.78 bits per heavy atom. The third kappa shape index (κ3) is 13.2. The molecule has 0 aromatic carbocycles. The van der Waals surface area contributed by atoms with E-state index in [9.17, 15) is 19.0 Å². The van der Waals surface area contributed by atoms with E-state index in [-0.39, 0.29) is 19.6 Å². The van der Waals surface area contributed by atoms with Gasteiger partial charge in [0.25, 0.3) is 7.82 Å². The van der Waals surface area contributed by atoms with Crippen LogP contribution < -0.4 is 4.89 Å². The Bertz CT molecular complexity index is 434. The first-order valence-corrected chi connectivity index (χ1v) is 8.64. The molecular formula is C13H26NO8P. The molecule has 0 amide bonds. The molecule has 0 saturated carbocycles. The van der Waals surface area contributed by atoms with Crippen LogP contribution in [-0.4, -0.2) is 70.0 Å². The first kappa shape index (κ1) is 22.0. The average Bonchev–Trinajstić information content (AvgIpc) is 2.39. The van der Waals surface area contributed by atoms with Crippen LogP contribution >= 0.6 is 7.82 Å². The summed E-state index contributed by atoms with van der Waals surface area (Å²) in [6.07, 6.45) is -0.915. The number of hydrogen-bond acceptors (Lipinski definition) is 8. The molecule has 0 heterocycles. The second-order valence-electron chi connectivity index (χ2n) is 5.86. The third-order valence-electron chi connectivity index (χ3n) is 2.49. The minimum Gasteiger partial charge on any atom is -0.756 e. The Morgan fingerprint density at radius 1 is 1.17 bits per heavy atom. The van der Waals surface area contributed by atoms with Crippen molar-refractivity contribution in [2.75, 3.05) is 47.5 Å². The molecule has 0 radical (unpaired) electrons. The Labute approximate surface area is 136 Å². The van der Waals surface area contributed by atoms with Crippen LogP contribution in [0.4, 0.5) is 0 Å². The molecule has 0 aliphatic heterocycles. The average molecular weight is 355 g/mol. The van der Waals surface area contributed by atoms with Gasteiger partial charge >= 0.3 is 11.9 Å². The molecule has 0 aromatic rings. The first-order valence-electron chi connectivity index (χ1n) is 7.18. The molecule has 0 fully saturated rings. The number of rotatable bonds is 11. The normalized spacial score (nSPS) is 15.6. The number of phosphoric acid groups is 1. The zero-order valence-corrected chi connectivity index (χ0v) is 15.2. The van der Waals surface area contributed by atoms with Crippen LogP contribution in [0.5, 0.6) is 0 Å². The zero-order chi connectivity index (χ0) is 18.1. The van der Waals surface area contributed by atoms with Crippen molar-refractivity contribution in [2.45, 2.75) is 26.4 Å². The van der Waals surface area contributed by atoms with Crippen LogP contribution in [0, 0.1) is 0 Å². The number of phosphoric ester groups is 1. The van der Waals surface area contributed by atoms with Crippen LogP contribution in [0.25, 0.3) is 0 Å². The molecule has 0 N–H and O–H groups in total. The lowest BCUT2D eigenvalue weighted by Crippen LogP contribution is -2.37. The summed E-state index contributed by atoms with van der Waals surface area (Å²) in [4.78, 5) is 33.7. The summed E-state index contributed by atoms with van der Waals surface area (Å²) < 4.78 is 31.2. The summed E-state index contributed by atoms with van der Waals surface area (Å²) in [5, 5.41) is 0. The fourth-order valence-corrected chi connectivity index (χ4v) is 1.96. The molecule has 0 aliphatic rings. The van der Waals surface area contributed by atoms with Gasteiger partial charge in [-0.1, -0.05) is 6.92 Å². The highest BCUT2D eigenvalue weighted by Crippen LogP contribution is 2.38. The second kappa shape index (κ2) is 10.00. The van der Waals surface area contributed by atoms with E-state index in [1.807, 2.05) is 21.1 Å². The SMILES string of the molecule is CCC(=O)OC(COC(C)=O)COP(=O)([O-])OCC[N+](C)(C)C. The van der Waals surface area contributed by atoms with Crippen molar-refractivity contribution in [2.24, 2.45) is 0 Å². The molecule has 0 aromatic heterocycles. The molecule has 136 valence electrons. The fraction of sp³-hybridized carbons (Fsp3) is 0.846. The smallest absolute Gasteiger partial charge is 0.305 e. The quantitative estimate of drug-likeness (QED) is 0.291. The van der Waals surface area contributed by atoms with Gasteiger partial charge in [-0.25, -0.2) is 0 Å². The molecule has 2 unspecified atom stereocenters. The van der Waals surface area contributed by atoms with Crippen molar-refractivity contribution >= 4 is 19.8 Å². The number of carbonyl (C=O) groups is 2. The van der Waals surface area contributed by atoms with Gasteiger partial charge < -0.3 is 27.9 Å². The van der Waals surface area contributed by atoms with E-state index in [0.717, 1.165) is 0 Å². The summed E-state index contributed by atoms with van der Waals surface area (Å²) >= 11 is 0. The third-order valence-corrected chi connectivity index (χ3v) is 3.45. The van der Waals surface area contributed by atoms with E-state index in [1.165, 1.54) is 6.92 Å². The lowest BCUT2D eigenvalue weighted by molar-refractivity contribution is -0.870. The van der Waals surface area contributed by atoms with E-state index in [0.29, 0.717) is 11.0 Å². The summed E-state index contributed by atoms with van der Waals surface area (Å²) in [6, 6.07) is 0. The Balaban J connectivity index is 4.41. The van der Waals surface area contributed by atoms with Gasteiger partial charge in [0.2, 0.25) is 0 Å². The number of likely N-dealkylation sites (N-methyl/N-ethyl adjacent to an activating group) is 1. The van der Waals surface area contributed by atoms with Crippen molar-refractivity contribution in [1.82, 2.24) is 0 Å². The summed E-state index contributed by atoms with van der Waals surface area (Å²) in [6.45, 7) is 2.43. The predicted octanol–water partition coefficient (Wildman–Crippen LogP) is 0.0791. The lowest BCUT2D eigenvalue weighted by atomic mass is 10.4. The lowest BCUT2D eigenvalue weighted by Gasteiger charge is -2.28. The number of esters is 2. The van der Waals surface area contributed by atoms with Gasteiger partial charge in [0.1, 0.15) is 19.8 Å².